The molecule has 128 valence electrons. The number of hydrogen-bond donors (Lipinski definition) is 1. The van der Waals surface area contributed by atoms with Gasteiger partial charge in [0, 0.05) is 17.9 Å². The van der Waals surface area contributed by atoms with E-state index in [1.807, 2.05) is 24.3 Å². The summed E-state index contributed by atoms with van der Waals surface area (Å²) in [5, 5.41) is 2.28. The lowest BCUT2D eigenvalue weighted by atomic mass is 9.93. The summed E-state index contributed by atoms with van der Waals surface area (Å²) >= 11 is 6.51. The van der Waals surface area contributed by atoms with Crippen molar-refractivity contribution in [2.75, 3.05) is 12.0 Å². The van der Waals surface area contributed by atoms with Gasteiger partial charge in [-0.1, -0.05) is 29.8 Å². The van der Waals surface area contributed by atoms with Crippen LogP contribution in [0.5, 0.6) is 0 Å². The first-order valence-corrected chi connectivity index (χ1v) is 9.77. The van der Waals surface area contributed by atoms with Gasteiger partial charge >= 0.3 is 0 Å². The number of halogens is 1. The molecular formula is C17H14ClN3O3S. The molecule has 0 saturated heterocycles. The van der Waals surface area contributed by atoms with Crippen molar-refractivity contribution < 1.29 is 13.2 Å². The molecule has 1 aliphatic heterocycles. The minimum atomic E-state index is -3.53. The Morgan fingerprint density at radius 1 is 1.16 bits per heavy atom. The fraction of sp³-hybridized carbons (Fsp3) is 0.176. The van der Waals surface area contributed by atoms with Crippen LogP contribution in [-0.2, 0) is 27.8 Å². The van der Waals surface area contributed by atoms with Crippen LogP contribution in [0.15, 0.2) is 35.4 Å². The van der Waals surface area contributed by atoms with E-state index in [-0.39, 0.29) is 11.0 Å². The largest absolute Gasteiger partial charge is 0.372 e. The van der Waals surface area contributed by atoms with E-state index in [9.17, 15) is 8.42 Å². The van der Waals surface area contributed by atoms with E-state index in [0.29, 0.717) is 29.5 Å². The Balaban J connectivity index is 2.08. The van der Waals surface area contributed by atoms with Crippen LogP contribution in [0.4, 0.5) is 5.95 Å². The molecule has 2 heterocycles. The zero-order chi connectivity index (χ0) is 17.8. The summed E-state index contributed by atoms with van der Waals surface area (Å²) in [4.78, 5) is 8.04. The number of benzene rings is 2. The van der Waals surface area contributed by atoms with Gasteiger partial charge in [-0.25, -0.2) is 18.4 Å². The average Bonchev–Trinajstić information content (AvgIpc) is 2.54. The molecule has 0 amide bonds. The summed E-state index contributed by atoms with van der Waals surface area (Å²) in [6, 6.07) is 9.09. The number of ether oxygens (including phenoxy) is 1. The molecule has 1 aliphatic rings. The molecule has 0 saturated carbocycles. The number of nitrogens with zero attached hydrogens (tertiary/aromatic N) is 2. The normalized spacial score (nSPS) is 14.0. The Kier molecular flexibility index (Phi) is 3.68. The second-order valence-electron chi connectivity index (χ2n) is 5.95. The van der Waals surface area contributed by atoms with Crippen molar-refractivity contribution in [2.24, 2.45) is 0 Å². The summed E-state index contributed by atoms with van der Waals surface area (Å²) in [6.45, 7) is 1.000. The number of aromatic nitrogens is 2. The van der Waals surface area contributed by atoms with Gasteiger partial charge in [0.2, 0.25) is 5.95 Å². The van der Waals surface area contributed by atoms with E-state index < -0.39 is 9.84 Å². The van der Waals surface area contributed by atoms with Gasteiger partial charge in [0.15, 0.2) is 14.9 Å². The molecule has 0 radical (unpaired) electrons. The van der Waals surface area contributed by atoms with Gasteiger partial charge in [-0.3, -0.25) is 0 Å². The molecule has 0 atom stereocenters. The Labute approximate surface area is 149 Å². The highest BCUT2D eigenvalue weighted by Crippen LogP contribution is 2.40. The summed E-state index contributed by atoms with van der Waals surface area (Å²) in [6.07, 6.45) is 1.08. The first kappa shape index (κ1) is 16.3. The molecular weight excluding hydrogens is 362 g/mol. The minimum Gasteiger partial charge on any atom is -0.372 e. The topological polar surface area (TPSA) is 95.2 Å². The van der Waals surface area contributed by atoms with E-state index in [1.54, 1.807) is 0 Å². The standard InChI is InChI=1S/C17H14ClN3O3S/c1-25(22,23)14-6-13(20-17(19)21-14)16-11-4-2-3-9-7-24-8-10(15(9)11)5-12(16)18/h2-6H,7-8H2,1H3,(H2,19,20,21). The maximum atomic E-state index is 11.9. The van der Waals surface area contributed by atoms with Gasteiger partial charge in [-0.05, 0) is 28.0 Å². The zero-order valence-electron chi connectivity index (χ0n) is 13.3. The fourth-order valence-corrected chi connectivity index (χ4v) is 4.06. The van der Waals surface area contributed by atoms with Crippen LogP contribution in [0, 0.1) is 0 Å². The number of anilines is 1. The summed E-state index contributed by atoms with van der Waals surface area (Å²) < 4.78 is 29.4. The van der Waals surface area contributed by atoms with E-state index >= 15 is 0 Å². The Morgan fingerprint density at radius 2 is 1.92 bits per heavy atom. The molecule has 2 aromatic carbocycles. The number of rotatable bonds is 2. The lowest BCUT2D eigenvalue weighted by Gasteiger charge is -2.20. The van der Waals surface area contributed by atoms with Crippen LogP contribution in [0.1, 0.15) is 11.1 Å². The zero-order valence-corrected chi connectivity index (χ0v) is 14.9. The number of nitrogen functional groups attached to an aromatic ring is 1. The molecule has 3 aromatic rings. The van der Waals surface area contributed by atoms with Crippen molar-refractivity contribution in [3.8, 4) is 11.3 Å². The summed E-state index contributed by atoms with van der Waals surface area (Å²) in [5.41, 5.74) is 8.81. The molecule has 0 spiro atoms. The molecule has 1 aromatic heterocycles. The Bertz CT molecular complexity index is 1130. The number of nitrogens with two attached hydrogens (primary N) is 1. The van der Waals surface area contributed by atoms with Crippen LogP contribution in [0.25, 0.3) is 22.0 Å². The van der Waals surface area contributed by atoms with E-state index in [4.69, 9.17) is 22.1 Å². The van der Waals surface area contributed by atoms with E-state index in [0.717, 1.165) is 28.2 Å². The molecule has 4 rings (SSSR count). The maximum Gasteiger partial charge on any atom is 0.221 e. The number of hydrogen-bond acceptors (Lipinski definition) is 6. The van der Waals surface area contributed by atoms with Crippen molar-refractivity contribution in [1.29, 1.82) is 0 Å². The SMILES string of the molecule is CS(=O)(=O)c1cc(-c2c(Cl)cc3c4c(cccc24)COC3)nc(N)n1. The maximum absolute atomic E-state index is 11.9. The van der Waals surface area contributed by atoms with Crippen molar-refractivity contribution in [2.45, 2.75) is 18.2 Å². The van der Waals surface area contributed by atoms with Crippen molar-refractivity contribution in [1.82, 2.24) is 9.97 Å². The molecule has 2 N–H and O–H groups in total. The highest BCUT2D eigenvalue weighted by atomic mass is 35.5. The summed E-state index contributed by atoms with van der Waals surface area (Å²) in [7, 11) is -3.53. The smallest absolute Gasteiger partial charge is 0.221 e. The molecule has 8 heteroatoms. The van der Waals surface area contributed by atoms with Gasteiger partial charge in [0.25, 0.3) is 0 Å². The highest BCUT2D eigenvalue weighted by Gasteiger charge is 2.21. The highest BCUT2D eigenvalue weighted by molar-refractivity contribution is 7.90. The van der Waals surface area contributed by atoms with Gasteiger partial charge in [-0.2, -0.15) is 0 Å². The van der Waals surface area contributed by atoms with Crippen LogP contribution in [0.2, 0.25) is 5.02 Å². The Hall–Kier alpha value is -2.22. The average molecular weight is 376 g/mol. The van der Waals surface area contributed by atoms with Gasteiger partial charge in [0.05, 0.1) is 23.9 Å². The quantitative estimate of drug-likeness (QED) is 0.692. The molecule has 0 unspecified atom stereocenters. The summed E-state index contributed by atoms with van der Waals surface area (Å²) in [5.74, 6) is -0.113. The number of sulfone groups is 1. The lowest BCUT2D eigenvalue weighted by molar-refractivity contribution is 0.103. The monoisotopic (exact) mass is 375 g/mol. The third-order valence-corrected chi connectivity index (χ3v) is 5.42. The minimum absolute atomic E-state index is 0.113. The predicted molar refractivity (Wildman–Crippen MR) is 96.0 cm³/mol. The first-order valence-electron chi connectivity index (χ1n) is 7.50. The molecule has 0 bridgehead atoms. The first-order chi connectivity index (χ1) is 11.8. The van der Waals surface area contributed by atoms with Crippen molar-refractivity contribution >= 4 is 38.2 Å². The third-order valence-electron chi connectivity index (χ3n) is 4.15. The van der Waals surface area contributed by atoms with Gasteiger partial charge in [0.1, 0.15) is 0 Å². The second-order valence-corrected chi connectivity index (χ2v) is 8.32. The van der Waals surface area contributed by atoms with Crippen LogP contribution in [0.3, 0.4) is 0 Å². The van der Waals surface area contributed by atoms with Crippen molar-refractivity contribution in [3.63, 3.8) is 0 Å². The van der Waals surface area contributed by atoms with Gasteiger partial charge in [-0.15, -0.1) is 0 Å². The third kappa shape index (κ3) is 2.74. The van der Waals surface area contributed by atoms with Gasteiger partial charge < -0.3 is 10.5 Å². The Morgan fingerprint density at radius 3 is 2.68 bits per heavy atom. The fourth-order valence-electron chi connectivity index (χ4n) is 3.14. The van der Waals surface area contributed by atoms with E-state index in [2.05, 4.69) is 9.97 Å². The predicted octanol–water partition coefficient (Wildman–Crippen LogP) is 2.97. The second kappa shape index (κ2) is 5.66. The molecule has 6 nitrogen and oxygen atoms in total. The molecule has 25 heavy (non-hydrogen) atoms. The molecule has 0 aliphatic carbocycles. The van der Waals surface area contributed by atoms with E-state index in [1.165, 1.54) is 6.07 Å². The van der Waals surface area contributed by atoms with Crippen LogP contribution >= 0.6 is 11.6 Å². The van der Waals surface area contributed by atoms with Crippen LogP contribution in [-0.4, -0.2) is 24.6 Å². The van der Waals surface area contributed by atoms with Crippen LogP contribution < -0.4 is 5.73 Å². The lowest BCUT2D eigenvalue weighted by Crippen LogP contribution is -2.07. The van der Waals surface area contributed by atoms with Crippen molar-refractivity contribution in [3.05, 3.63) is 46.5 Å². The molecule has 0 fully saturated rings.